The van der Waals surface area contributed by atoms with Gasteiger partial charge in [-0.25, -0.2) is 10.2 Å². The minimum Gasteiger partial charge on any atom is -0.457 e. The van der Waals surface area contributed by atoms with Gasteiger partial charge in [0.1, 0.15) is 5.75 Å². The Kier molecular flexibility index (Phi) is 4.96. The molecule has 0 atom stereocenters. The van der Waals surface area contributed by atoms with Crippen LogP contribution in [0.2, 0.25) is 0 Å². The fourth-order valence-corrected chi connectivity index (χ4v) is 1.91. The van der Waals surface area contributed by atoms with Gasteiger partial charge in [-0.2, -0.15) is 5.10 Å². The van der Waals surface area contributed by atoms with Crippen LogP contribution in [0.5, 0.6) is 5.75 Å². The Balaban J connectivity index is 1.55. The first kappa shape index (κ1) is 16.1. The summed E-state index contributed by atoms with van der Waals surface area (Å²) in [5.74, 6) is -0.400. The summed E-state index contributed by atoms with van der Waals surface area (Å²) < 4.78 is 10.1. The quantitative estimate of drug-likeness (QED) is 0.335. The third kappa shape index (κ3) is 4.38. The summed E-state index contributed by atoms with van der Waals surface area (Å²) in [6.07, 6.45) is 5.94. The summed E-state index contributed by atoms with van der Waals surface area (Å²) in [4.78, 5) is 27.4. The van der Waals surface area contributed by atoms with E-state index in [0.717, 1.165) is 5.56 Å². The number of ether oxygens (including phenoxy) is 1. The first-order chi connectivity index (χ1) is 12.2. The number of hydrogen-bond donors (Lipinski definition) is 1. The predicted molar refractivity (Wildman–Crippen MR) is 89.4 cm³/mol. The van der Waals surface area contributed by atoms with Gasteiger partial charge in [-0.15, -0.1) is 0 Å². The number of hydrazone groups is 1. The molecule has 3 rings (SSSR count). The van der Waals surface area contributed by atoms with E-state index in [1.54, 1.807) is 42.5 Å². The van der Waals surface area contributed by atoms with Crippen LogP contribution in [0.15, 0.2) is 76.7 Å². The molecule has 0 aliphatic heterocycles. The zero-order valence-electron chi connectivity index (χ0n) is 13.0. The number of rotatable bonds is 5. The smallest absolute Gasteiger partial charge is 0.379 e. The van der Waals surface area contributed by atoms with Gasteiger partial charge in [-0.1, -0.05) is 0 Å². The lowest BCUT2D eigenvalue weighted by Crippen LogP contribution is -2.17. The molecule has 0 saturated heterocycles. The first-order valence-electron chi connectivity index (χ1n) is 7.31. The molecule has 3 aromatic rings. The summed E-state index contributed by atoms with van der Waals surface area (Å²) in [7, 11) is 0. The van der Waals surface area contributed by atoms with Crippen LogP contribution in [0.3, 0.4) is 0 Å². The second-order valence-electron chi connectivity index (χ2n) is 4.87. The molecule has 0 spiro atoms. The molecule has 7 heteroatoms. The molecule has 1 aromatic carbocycles. The molecule has 2 heterocycles. The zero-order valence-corrected chi connectivity index (χ0v) is 13.0. The predicted octanol–water partition coefficient (Wildman–Crippen LogP) is 2.66. The second kappa shape index (κ2) is 7.69. The summed E-state index contributed by atoms with van der Waals surface area (Å²) in [6.45, 7) is 0. The normalized spacial score (nSPS) is 10.6. The van der Waals surface area contributed by atoms with E-state index in [1.807, 2.05) is 0 Å². The number of amides is 1. The number of pyridine rings is 1. The maximum absolute atomic E-state index is 11.8. The Morgan fingerprint density at radius 2 is 1.84 bits per heavy atom. The average Bonchev–Trinajstić information content (AvgIpc) is 3.19. The largest absolute Gasteiger partial charge is 0.457 e. The number of carbonyl (C=O) groups is 2. The number of esters is 1. The molecule has 2 aromatic heterocycles. The van der Waals surface area contributed by atoms with E-state index in [1.165, 1.54) is 30.9 Å². The molecular weight excluding hydrogens is 322 g/mol. The van der Waals surface area contributed by atoms with Gasteiger partial charge in [0.15, 0.2) is 0 Å². The van der Waals surface area contributed by atoms with Gasteiger partial charge in [0.25, 0.3) is 5.91 Å². The van der Waals surface area contributed by atoms with Crippen LogP contribution in [0, 0.1) is 0 Å². The van der Waals surface area contributed by atoms with Gasteiger partial charge in [0.2, 0.25) is 5.76 Å². The lowest BCUT2D eigenvalue weighted by Gasteiger charge is -2.02. The number of carbonyl (C=O) groups excluding carboxylic acids is 2. The molecule has 0 saturated carbocycles. The Bertz CT molecular complexity index is 872. The highest BCUT2D eigenvalue weighted by Crippen LogP contribution is 2.13. The van der Waals surface area contributed by atoms with Gasteiger partial charge in [-0.3, -0.25) is 9.78 Å². The number of nitrogens with zero attached hydrogens (tertiary/aromatic N) is 2. The highest BCUT2D eigenvalue weighted by molar-refractivity contribution is 5.94. The van der Waals surface area contributed by atoms with Gasteiger partial charge in [0.05, 0.1) is 12.5 Å². The minimum atomic E-state index is -0.573. The fraction of sp³-hybridized carbons (Fsp3) is 0. The third-order valence-electron chi connectivity index (χ3n) is 3.14. The van der Waals surface area contributed by atoms with E-state index in [9.17, 15) is 9.59 Å². The van der Waals surface area contributed by atoms with Crippen LogP contribution < -0.4 is 10.2 Å². The van der Waals surface area contributed by atoms with Gasteiger partial charge >= 0.3 is 5.97 Å². The molecule has 0 radical (unpaired) electrons. The Morgan fingerprint density at radius 1 is 1.08 bits per heavy atom. The van der Waals surface area contributed by atoms with E-state index in [4.69, 9.17) is 9.15 Å². The second-order valence-corrected chi connectivity index (χ2v) is 4.87. The van der Waals surface area contributed by atoms with Crippen LogP contribution >= 0.6 is 0 Å². The lowest BCUT2D eigenvalue weighted by molar-refractivity contribution is 0.0701. The molecule has 0 bridgehead atoms. The standard InChI is InChI=1S/C18H13N3O4/c22-17(14-7-9-19-10-8-14)21-20-12-13-3-5-15(6-4-13)25-18(23)16-2-1-11-24-16/h1-12H,(H,21,22). The van der Waals surface area contributed by atoms with Crippen molar-refractivity contribution in [2.45, 2.75) is 0 Å². The van der Waals surface area contributed by atoms with Crippen molar-refractivity contribution in [3.05, 3.63) is 84.1 Å². The zero-order chi connectivity index (χ0) is 17.5. The van der Waals surface area contributed by atoms with Gasteiger partial charge in [-0.05, 0) is 54.1 Å². The van der Waals surface area contributed by atoms with Crippen molar-refractivity contribution in [1.29, 1.82) is 0 Å². The SMILES string of the molecule is O=C(NN=Cc1ccc(OC(=O)c2ccco2)cc1)c1ccncc1. The van der Waals surface area contributed by atoms with Crippen LogP contribution in [0.25, 0.3) is 0 Å². The molecule has 1 amide bonds. The fourth-order valence-electron chi connectivity index (χ4n) is 1.91. The van der Waals surface area contributed by atoms with E-state index >= 15 is 0 Å². The monoisotopic (exact) mass is 335 g/mol. The Labute approximate surface area is 143 Å². The number of hydrogen-bond acceptors (Lipinski definition) is 6. The first-order valence-corrected chi connectivity index (χ1v) is 7.31. The number of aromatic nitrogens is 1. The number of benzene rings is 1. The van der Waals surface area contributed by atoms with Crippen molar-refractivity contribution in [3.63, 3.8) is 0 Å². The van der Waals surface area contributed by atoms with E-state index in [2.05, 4.69) is 15.5 Å². The third-order valence-corrected chi connectivity index (χ3v) is 3.14. The van der Waals surface area contributed by atoms with Crippen LogP contribution in [0.1, 0.15) is 26.5 Å². The lowest BCUT2D eigenvalue weighted by atomic mass is 10.2. The van der Waals surface area contributed by atoms with E-state index in [0.29, 0.717) is 11.3 Å². The molecule has 0 aliphatic carbocycles. The van der Waals surface area contributed by atoms with Crippen LogP contribution in [0.4, 0.5) is 0 Å². The Hall–Kier alpha value is -3.74. The van der Waals surface area contributed by atoms with Crippen LogP contribution in [-0.4, -0.2) is 23.1 Å². The van der Waals surface area contributed by atoms with Crippen molar-refractivity contribution >= 4 is 18.1 Å². The summed E-state index contributed by atoms with van der Waals surface area (Å²) in [5.41, 5.74) is 3.61. The molecular formula is C18H13N3O4. The van der Waals surface area contributed by atoms with Gasteiger partial charge in [0, 0.05) is 18.0 Å². The van der Waals surface area contributed by atoms with Crippen molar-refractivity contribution in [2.24, 2.45) is 5.10 Å². The summed E-state index contributed by atoms with van der Waals surface area (Å²) in [5, 5.41) is 3.88. The molecule has 1 N–H and O–H groups in total. The molecule has 0 unspecified atom stereocenters. The summed E-state index contributed by atoms with van der Waals surface area (Å²) in [6, 6.07) is 12.9. The average molecular weight is 335 g/mol. The van der Waals surface area contributed by atoms with Crippen molar-refractivity contribution in [1.82, 2.24) is 10.4 Å². The Morgan fingerprint density at radius 3 is 2.52 bits per heavy atom. The van der Waals surface area contributed by atoms with Crippen molar-refractivity contribution in [2.75, 3.05) is 0 Å². The number of furan rings is 1. The molecule has 0 aliphatic rings. The van der Waals surface area contributed by atoms with Crippen LogP contribution in [-0.2, 0) is 0 Å². The van der Waals surface area contributed by atoms with Crippen molar-refractivity contribution in [3.8, 4) is 5.75 Å². The summed E-state index contributed by atoms with van der Waals surface area (Å²) >= 11 is 0. The van der Waals surface area contributed by atoms with Crippen molar-refractivity contribution < 1.29 is 18.7 Å². The van der Waals surface area contributed by atoms with Gasteiger partial charge < -0.3 is 9.15 Å². The minimum absolute atomic E-state index is 0.129. The molecule has 7 nitrogen and oxygen atoms in total. The highest BCUT2D eigenvalue weighted by atomic mass is 16.5. The highest BCUT2D eigenvalue weighted by Gasteiger charge is 2.10. The maximum atomic E-state index is 11.8. The van der Waals surface area contributed by atoms with E-state index in [-0.39, 0.29) is 11.7 Å². The molecule has 124 valence electrons. The topological polar surface area (TPSA) is 93.8 Å². The van der Waals surface area contributed by atoms with E-state index < -0.39 is 5.97 Å². The maximum Gasteiger partial charge on any atom is 0.379 e. The molecule has 25 heavy (non-hydrogen) atoms. The molecule has 0 fully saturated rings. The number of nitrogens with one attached hydrogen (secondary N) is 1.